The van der Waals surface area contributed by atoms with Crippen molar-refractivity contribution in [2.45, 2.75) is 51.1 Å². The first-order chi connectivity index (χ1) is 9.14. The molecule has 1 heterocycles. The molecule has 2 nitrogen and oxygen atoms in total. The summed E-state index contributed by atoms with van der Waals surface area (Å²) in [4.78, 5) is 0. The van der Waals surface area contributed by atoms with Gasteiger partial charge in [-0.3, -0.25) is 0 Å². The van der Waals surface area contributed by atoms with Crippen LogP contribution in [0, 0.1) is 0 Å². The molecule has 1 aliphatic heterocycles. The molecule has 2 atom stereocenters. The Bertz CT molecular complexity index is 412. The van der Waals surface area contributed by atoms with Gasteiger partial charge < -0.3 is 9.16 Å². The maximum Gasteiger partial charge on any atom is 0.192 e. The van der Waals surface area contributed by atoms with Crippen LogP contribution in [0.1, 0.15) is 32.4 Å². The molecule has 0 aromatic heterocycles. The fourth-order valence-corrected chi connectivity index (χ4v) is 5.39. The summed E-state index contributed by atoms with van der Waals surface area (Å²) < 4.78 is 12.0. The van der Waals surface area contributed by atoms with Crippen molar-refractivity contribution in [3.63, 3.8) is 0 Å². The van der Waals surface area contributed by atoms with E-state index in [4.69, 9.17) is 20.8 Å². The predicted octanol–water partition coefficient (Wildman–Crippen LogP) is 4.80. The summed E-state index contributed by atoms with van der Waals surface area (Å²) in [5, 5.41) is 0.770. The summed E-state index contributed by atoms with van der Waals surface area (Å²) in [6.07, 6.45) is 0.394. The lowest BCUT2D eigenvalue weighted by Gasteiger charge is -2.27. The Kier molecular flexibility index (Phi) is 5.07. The van der Waals surface area contributed by atoms with E-state index in [1.807, 2.05) is 18.2 Å². The van der Waals surface area contributed by atoms with E-state index in [9.17, 15) is 0 Å². The topological polar surface area (TPSA) is 21.8 Å². The van der Waals surface area contributed by atoms with Gasteiger partial charge in [-0.25, -0.2) is 0 Å². The summed E-state index contributed by atoms with van der Waals surface area (Å²) in [5.74, 6) is 0. The zero-order valence-electron chi connectivity index (χ0n) is 12.0. The monoisotopic (exact) mass is 298 g/mol. The lowest BCUT2D eigenvalue weighted by Crippen LogP contribution is -2.37. The van der Waals surface area contributed by atoms with Gasteiger partial charge in [0, 0.05) is 5.02 Å². The number of halogens is 1. The van der Waals surface area contributed by atoms with Crippen molar-refractivity contribution in [2.75, 3.05) is 6.61 Å². The molecule has 0 amide bonds. The lowest BCUT2D eigenvalue weighted by atomic mass is 10.1. The zero-order valence-corrected chi connectivity index (χ0v) is 13.7. The standard InChI is InChI=1S/C15H23ClO2Si/c1-4-19(5-2,6-3)17-11-14-15(18-14)12-8-7-9-13(16)10-12/h7-10,14-15H,4-6,11H2,1-3H3/t14-,15-/m1/s1. The van der Waals surface area contributed by atoms with Crippen LogP contribution < -0.4 is 0 Å². The van der Waals surface area contributed by atoms with Gasteiger partial charge in [0.05, 0.1) is 6.61 Å². The zero-order chi connectivity index (χ0) is 13.9. The molecule has 1 saturated heterocycles. The quantitative estimate of drug-likeness (QED) is 0.533. The highest BCUT2D eigenvalue weighted by Gasteiger charge is 2.42. The van der Waals surface area contributed by atoms with Crippen LogP contribution in [0.25, 0.3) is 0 Å². The Labute approximate surface area is 122 Å². The molecule has 1 aromatic rings. The lowest BCUT2D eigenvalue weighted by molar-refractivity contribution is 0.248. The predicted molar refractivity (Wildman–Crippen MR) is 82.2 cm³/mol. The Morgan fingerprint density at radius 2 is 1.89 bits per heavy atom. The minimum absolute atomic E-state index is 0.177. The average Bonchev–Trinajstić information content (AvgIpc) is 3.21. The second-order valence-electron chi connectivity index (χ2n) is 5.20. The fourth-order valence-electron chi connectivity index (χ4n) is 2.56. The van der Waals surface area contributed by atoms with Crippen LogP contribution in [0.3, 0.4) is 0 Å². The summed E-state index contributed by atoms with van der Waals surface area (Å²) in [7, 11) is -1.49. The van der Waals surface area contributed by atoms with Crippen LogP contribution in [0.2, 0.25) is 23.2 Å². The highest BCUT2D eigenvalue weighted by Crippen LogP contribution is 2.40. The van der Waals surface area contributed by atoms with E-state index in [0.29, 0.717) is 0 Å². The molecular weight excluding hydrogens is 276 g/mol. The van der Waals surface area contributed by atoms with E-state index in [1.54, 1.807) is 0 Å². The molecule has 1 fully saturated rings. The van der Waals surface area contributed by atoms with Gasteiger partial charge >= 0.3 is 0 Å². The molecule has 106 valence electrons. The third kappa shape index (κ3) is 3.60. The molecule has 0 saturated carbocycles. The average molecular weight is 299 g/mol. The molecule has 0 N–H and O–H groups in total. The van der Waals surface area contributed by atoms with Gasteiger partial charge in [0.1, 0.15) is 12.2 Å². The van der Waals surface area contributed by atoms with Crippen LogP contribution in [-0.2, 0) is 9.16 Å². The molecule has 1 aliphatic rings. The third-order valence-electron chi connectivity index (χ3n) is 4.25. The van der Waals surface area contributed by atoms with Crippen LogP contribution in [0.5, 0.6) is 0 Å². The maximum absolute atomic E-state index is 6.26. The van der Waals surface area contributed by atoms with Crippen molar-refractivity contribution in [1.82, 2.24) is 0 Å². The molecule has 4 heteroatoms. The Balaban J connectivity index is 1.87. The van der Waals surface area contributed by atoms with Crippen molar-refractivity contribution < 1.29 is 9.16 Å². The Morgan fingerprint density at radius 3 is 2.47 bits per heavy atom. The largest absolute Gasteiger partial charge is 0.414 e. The van der Waals surface area contributed by atoms with Crippen LogP contribution in [0.4, 0.5) is 0 Å². The normalized spacial score (nSPS) is 22.5. The minimum Gasteiger partial charge on any atom is -0.414 e. The van der Waals surface area contributed by atoms with Crippen molar-refractivity contribution in [3.05, 3.63) is 34.9 Å². The summed E-state index contributed by atoms with van der Waals surface area (Å²) in [5.41, 5.74) is 1.16. The van der Waals surface area contributed by atoms with Crippen LogP contribution >= 0.6 is 11.6 Å². The van der Waals surface area contributed by atoms with Gasteiger partial charge in [-0.05, 0) is 35.8 Å². The van der Waals surface area contributed by atoms with Gasteiger partial charge in [0.15, 0.2) is 8.32 Å². The van der Waals surface area contributed by atoms with Gasteiger partial charge in [-0.1, -0.05) is 44.5 Å². The van der Waals surface area contributed by atoms with E-state index in [-0.39, 0.29) is 12.2 Å². The highest BCUT2D eigenvalue weighted by atomic mass is 35.5. The van der Waals surface area contributed by atoms with E-state index < -0.39 is 8.32 Å². The van der Waals surface area contributed by atoms with Crippen LogP contribution in [0.15, 0.2) is 24.3 Å². The van der Waals surface area contributed by atoms with Crippen molar-refractivity contribution >= 4 is 19.9 Å². The second-order valence-corrected chi connectivity index (χ2v) is 10.4. The summed E-state index contributed by atoms with van der Waals surface area (Å²) >= 11 is 6.00. The Hall–Kier alpha value is -0.353. The molecule has 0 bridgehead atoms. The van der Waals surface area contributed by atoms with E-state index in [0.717, 1.165) is 17.2 Å². The fraction of sp³-hybridized carbons (Fsp3) is 0.600. The molecule has 2 rings (SSSR count). The summed E-state index contributed by atoms with van der Waals surface area (Å²) in [6, 6.07) is 11.5. The molecule has 0 radical (unpaired) electrons. The third-order valence-corrected chi connectivity index (χ3v) is 9.13. The molecule has 1 aromatic carbocycles. The van der Waals surface area contributed by atoms with E-state index in [2.05, 4.69) is 26.8 Å². The highest BCUT2D eigenvalue weighted by molar-refractivity contribution is 6.73. The van der Waals surface area contributed by atoms with E-state index >= 15 is 0 Å². The SMILES string of the molecule is CC[Si](CC)(CC)OC[C@H]1O[C@@H]1c1cccc(Cl)c1. The van der Waals surface area contributed by atoms with Crippen molar-refractivity contribution in [2.24, 2.45) is 0 Å². The molecular formula is C15H23ClO2Si. The minimum atomic E-state index is -1.49. The van der Waals surface area contributed by atoms with Crippen LogP contribution in [-0.4, -0.2) is 21.0 Å². The molecule has 0 spiro atoms. The molecule has 0 unspecified atom stereocenters. The first-order valence-corrected chi connectivity index (χ1v) is 10.1. The Morgan fingerprint density at radius 1 is 1.21 bits per heavy atom. The number of benzene rings is 1. The first-order valence-electron chi connectivity index (χ1n) is 7.19. The van der Waals surface area contributed by atoms with Gasteiger partial charge in [-0.15, -0.1) is 0 Å². The number of rotatable bonds is 7. The van der Waals surface area contributed by atoms with Gasteiger partial charge in [-0.2, -0.15) is 0 Å². The van der Waals surface area contributed by atoms with Crippen molar-refractivity contribution in [3.8, 4) is 0 Å². The second kappa shape index (κ2) is 6.40. The van der Waals surface area contributed by atoms with Gasteiger partial charge in [0.2, 0.25) is 0 Å². The first kappa shape index (κ1) is 15.0. The van der Waals surface area contributed by atoms with E-state index in [1.165, 1.54) is 18.1 Å². The maximum atomic E-state index is 6.26. The molecule has 19 heavy (non-hydrogen) atoms. The number of epoxide rings is 1. The summed E-state index contributed by atoms with van der Waals surface area (Å²) in [6.45, 7) is 7.49. The number of hydrogen-bond acceptors (Lipinski definition) is 2. The number of ether oxygens (including phenoxy) is 1. The van der Waals surface area contributed by atoms with Gasteiger partial charge in [0.25, 0.3) is 0 Å². The smallest absolute Gasteiger partial charge is 0.192 e. The molecule has 0 aliphatic carbocycles. The van der Waals surface area contributed by atoms with Crippen molar-refractivity contribution in [1.29, 1.82) is 0 Å². The number of hydrogen-bond donors (Lipinski definition) is 0.